The molecule has 0 spiro atoms. The monoisotopic (exact) mass is 236 g/mol. The molecule has 0 N–H and O–H groups in total. The van der Waals surface area contributed by atoms with Crippen molar-refractivity contribution in [3.8, 4) is 6.07 Å². The van der Waals surface area contributed by atoms with E-state index >= 15 is 0 Å². The Kier molecular flexibility index (Phi) is 3.61. The first-order chi connectivity index (χ1) is 7.67. The summed E-state index contributed by atoms with van der Waals surface area (Å²) >= 11 is 0. The van der Waals surface area contributed by atoms with Gasteiger partial charge >= 0.3 is 0 Å². The second-order valence-electron chi connectivity index (χ2n) is 6.20. The molecule has 0 aromatic carbocycles. The molecular weight excluding hydrogens is 216 g/mol. The molecule has 0 aliphatic carbocycles. The third kappa shape index (κ3) is 3.55. The highest BCUT2D eigenvalue weighted by atomic mass is 16.2. The van der Waals surface area contributed by atoms with Gasteiger partial charge in [-0.3, -0.25) is 14.5 Å². The zero-order valence-corrected chi connectivity index (χ0v) is 11.0. The summed E-state index contributed by atoms with van der Waals surface area (Å²) in [4.78, 5) is 25.0. The number of piperidine rings is 1. The van der Waals surface area contributed by atoms with E-state index in [1.807, 2.05) is 27.7 Å². The Balaban J connectivity index is 2.65. The van der Waals surface area contributed by atoms with Gasteiger partial charge in [-0.2, -0.15) is 5.26 Å². The fourth-order valence-electron chi connectivity index (χ4n) is 1.91. The number of hydrogen-bond acceptors (Lipinski definition) is 3. The van der Waals surface area contributed by atoms with Crippen LogP contribution in [0.25, 0.3) is 0 Å². The van der Waals surface area contributed by atoms with Crippen LogP contribution in [0.5, 0.6) is 0 Å². The summed E-state index contributed by atoms with van der Waals surface area (Å²) in [6.07, 6.45) is 1.35. The smallest absolute Gasteiger partial charge is 0.229 e. The zero-order valence-electron chi connectivity index (χ0n) is 11.0. The van der Waals surface area contributed by atoms with Gasteiger partial charge in [-0.1, -0.05) is 13.8 Å². The third-order valence-electron chi connectivity index (χ3n) is 3.12. The first-order valence-corrected chi connectivity index (χ1v) is 5.91. The molecule has 0 aromatic rings. The van der Waals surface area contributed by atoms with Gasteiger partial charge in [0.15, 0.2) is 0 Å². The third-order valence-corrected chi connectivity index (χ3v) is 3.12. The predicted molar refractivity (Wildman–Crippen MR) is 63.7 cm³/mol. The maximum Gasteiger partial charge on any atom is 0.229 e. The second-order valence-corrected chi connectivity index (χ2v) is 6.20. The topological polar surface area (TPSA) is 61.2 Å². The Morgan fingerprint density at radius 1 is 1.29 bits per heavy atom. The van der Waals surface area contributed by atoms with E-state index in [2.05, 4.69) is 6.07 Å². The number of hydrogen-bond donors (Lipinski definition) is 0. The highest BCUT2D eigenvalue weighted by Gasteiger charge is 2.37. The SMILES string of the molecule is CC(C)(C#N)CCN1C(=O)CC(C)(C)CC1=O. The van der Waals surface area contributed by atoms with Gasteiger partial charge in [0.05, 0.1) is 11.5 Å². The summed E-state index contributed by atoms with van der Waals surface area (Å²) in [6, 6.07) is 2.18. The van der Waals surface area contributed by atoms with Gasteiger partial charge in [0.1, 0.15) is 0 Å². The highest BCUT2D eigenvalue weighted by molar-refractivity contribution is 5.98. The summed E-state index contributed by atoms with van der Waals surface area (Å²) in [6.45, 7) is 7.85. The number of amides is 2. The Morgan fingerprint density at radius 2 is 1.76 bits per heavy atom. The lowest BCUT2D eigenvalue weighted by Crippen LogP contribution is -2.47. The molecule has 4 heteroatoms. The fraction of sp³-hybridized carbons (Fsp3) is 0.769. The molecule has 0 radical (unpaired) electrons. The van der Waals surface area contributed by atoms with E-state index in [-0.39, 0.29) is 17.2 Å². The molecule has 0 aromatic heterocycles. The number of carbonyl (C=O) groups is 2. The van der Waals surface area contributed by atoms with Crippen molar-refractivity contribution in [3.05, 3.63) is 0 Å². The minimum absolute atomic E-state index is 0.111. The molecule has 94 valence electrons. The standard InChI is InChI=1S/C13H20N2O2/c1-12(2,9-14)5-6-15-10(16)7-13(3,4)8-11(15)17/h5-8H2,1-4H3. The van der Waals surface area contributed by atoms with E-state index in [1.165, 1.54) is 4.90 Å². The molecule has 4 nitrogen and oxygen atoms in total. The zero-order chi connectivity index (χ0) is 13.3. The lowest BCUT2D eigenvalue weighted by Gasteiger charge is -2.35. The average molecular weight is 236 g/mol. The molecular formula is C13H20N2O2. The number of nitriles is 1. The Labute approximate surface area is 103 Å². The van der Waals surface area contributed by atoms with Crippen molar-refractivity contribution < 1.29 is 9.59 Å². The summed E-state index contributed by atoms with van der Waals surface area (Å²) in [5.41, 5.74) is -0.719. The van der Waals surface area contributed by atoms with Crippen LogP contribution in [0.1, 0.15) is 47.0 Å². The summed E-state index contributed by atoms with van der Waals surface area (Å²) in [7, 11) is 0. The minimum Gasteiger partial charge on any atom is -0.283 e. The van der Waals surface area contributed by atoms with Crippen molar-refractivity contribution in [2.75, 3.05) is 6.54 Å². The van der Waals surface area contributed by atoms with Crippen molar-refractivity contribution in [1.82, 2.24) is 4.90 Å². The Hall–Kier alpha value is -1.37. The molecule has 0 saturated carbocycles. The first kappa shape index (κ1) is 13.7. The van der Waals surface area contributed by atoms with Crippen LogP contribution in [-0.4, -0.2) is 23.3 Å². The number of imide groups is 1. The van der Waals surface area contributed by atoms with Crippen molar-refractivity contribution in [2.45, 2.75) is 47.0 Å². The lowest BCUT2D eigenvalue weighted by atomic mass is 9.81. The van der Waals surface area contributed by atoms with E-state index in [0.29, 0.717) is 25.8 Å². The van der Waals surface area contributed by atoms with Crippen LogP contribution in [-0.2, 0) is 9.59 Å². The van der Waals surface area contributed by atoms with Gasteiger partial charge in [0.2, 0.25) is 11.8 Å². The van der Waals surface area contributed by atoms with E-state index in [0.717, 1.165) is 0 Å². The average Bonchev–Trinajstić information content (AvgIpc) is 2.14. The molecule has 1 rings (SSSR count). The second kappa shape index (κ2) is 4.48. The normalized spacial score (nSPS) is 20.3. The fourth-order valence-corrected chi connectivity index (χ4v) is 1.91. The first-order valence-electron chi connectivity index (χ1n) is 5.91. The summed E-state index contributed by atoms with van der Waals surface area (Å²) < 4.78 is 0. The molecule has 1 fully saturated rings. The molecule has 17 heavy (non-hydrogen) atoms. The minimum atomic E-state index is -0.493. The van der Waals surface area contributed by atoms with Gasteiger partial charge in [-0.15, -0.1) is 0 Å². The largest absolute Gasteiger partial charge is 0.283 e. The number of carbonyl (C=O) groups excluding carboxylic acids is 2. The van der Waals surface area contributed by atoms with Crippen LogP contribution >= 0.6 is 0 Å². The molecule has 2 amide bonds. The maximum absolute atomic E-state index is 11.8. The van der Waals surface area contributed by atoms with Crippen LogP contribution in [0.15, 0.2) is 0 Å². The molecule has 1 aliphatic heterocycles. The molecule has 0 bridgehead atoms. The highest BCUT2D eigenvalue weighted by Crippen LogP contribution is 2.32. The van der Waals surface area contributed by atoms with E-state index < -0.39 is 5.41 Å². The van der Waals surface area contributed by atoms with Gasteiger partial charge in [-0.05, 0) is 25.7 Å². The summed E-state index contributed by atoms with van der Waals surface area (Å²) in [5.74, 6) is -0.222. The van der Waals surface area contributed by atoms with Crippen molar-refractivity contribution in [1.29, 1.82) is 5.26 Å². The van der Waals surface area contributed by atoms with E-state index in [4.69, 9.17) is 5.26 Å². The van der Waals surface area contributed by atoms with Crippen molar-refractivity contribution in [2.24, 2.45) is 10.8 Å². The molecule has 1 heterocycles. The molecule has 1 aliphatic rings. The van der Waals surface area contributed by atoms with Crippen LogP contribution in [0.4, 0.5) is 0 Å². The Morgan fingerprint density at radius 3 is 2.18 bits per heavy atom. The van der Waals surface area contributed by atoms with Crippen LogP contribution in [0.2, 0.25) is 0 Å². The number of likely N-dealkylation sites (tertiary alicyclic amines) is 1. The quantitative estimate of drug-likeness (QED) is 0.705. The van der Waals surface area contributed by atoms with Gasteiger partial charge < -0.3 is 0 Å². The van der Waals surface area contributed by atoms with Gasteiger partial charge in [0.25, 0.3) is 0 Å². The van der Waals surface area contributed by atoms with E-state index in [9.17, 15) is 9.59 Å². The van der Waals surface area contributed by atoms with Crippen molar-refractivity contribution in [3.63, 3.8) is 0 Å². The number of nitrogens with zero attached hydrogens (tertiary/aromatic N) is 2. The maximum atomic E-state index is 11.8. The molecule has 1 saturated heterocycles. The lowest BCUT2D eigenvalue weighted by molar-refractivity contribution is -0.152. The predicted octanol–water partition coefficient (Wildman–Crippen LogP) is 2.10. The van der Waals surface area contributed by atoms with Crippen LogP contribution in [0.3, 0.4) is 0 Å². The van der Waals surface area contributed by atoms with Crippen molar-refractivity contribution >= 4 is 11.8 Å². The number of rotatable bonds is 3. The molecule has 0 atom stereocenters. The Bertz CT molecular complexity index is 357. The van der Waals surface area contributed by atoms with Gasteiger partial charge in [-0.25, -0.2) is 0 Å². The molecule has 0 unspecified atom stereocenters. The van der Waals surface area contributed by atoms with E-state index in [1.54, 1.807) is 0 Å². The van der Waals surface area contributed by atoms with Crippen LogP contribution in [0, 0.1) is 22.2 Å². The van der Waals surface area contributed by atoms with Gasteiger partial charge in [0, 0.05) is 19.4 Å². The van der Waals surface area contributed by atoms with Crippen LogP contribution < -0.4 is 0 Å². The summed E-state index contributed by atoms with van der Waals surface area (Å²) in [5, 5.41) is 8.90.